The number of hydrogen-bond donors (Lipinski definition) is 1. The Labute approximate surface area is 151 Å². The number of amides is 1. The van der Waals surface area contributed by atoms with Crippen LogP contribution in [0.15, 0.2) is 57.7 Å². The number of ether oxygens (including phenoxy) is 1. The summed E-state index contributed by atoms with van der Waals surface area (Å²) in [5.74, 6) is 0.689. The van der Waals surface area contributed by atoms with Gasteiger partial charge >= 0.3 is 5.63 Å². The molecule has 0 saturated heterocycles. The topological polar surface area (TPSA) is 68.5 Å². The highest BCUT2D eigenvalue weighted by atomic mass is 16.5. The second kappa shape index (κ2) is 7.44. The maximum absolute atomic E-state index is 12.4. The van der Waals surface area contributed by atoms with E-state index in [-0.39, 0.29) is 11.8 Å². The van der Waals surface area contributed by atoms with E-state index in [1.807, 2.05) is 32.0 Å². The Bertz CT molecular complexity index is 1000. The van der Waals surface area contributed by atoms with Gasteiger partial charge in [0.15, 0.2) is 0 Å². The van der Waals surface area contributed by atoms with Gasteiger partial charge in [-0.05, 0) is 35.7 Å². The lowest BCUT2D eigenvalue weighted by molar-refractivity contribution is -0.116. The number of methoxy groups -OCH3 is 1. The number of hydrogen-bond acceptors (Lipinski definition) is 4. The van der Waals surface area contributed by atoms with Gasteiger partial charge < -0.3 is 14.5 Å². The largest absolute Gasteiger partial charge is 0.495 e. The highest BCUT2D eigenvalue weighted by Gasteiger charge is 2.13. The van der Waals surface area contributed by atoms with E-state index in [4.69, 9.17) is 9.15 Å². The van der Waals surface area contributed by atoms with Gasteiger partial charge in [-0.1, -0.05) is 38.1 Å². The van der Waals surface area contributed by atoms with Crippen LogP contribution in [0.25, 0.3) is 22.1 Å². The van der Waals surface area contributed by atoms with Gasteiger partial charge in [0.2, 0.25) is 5.91 Å². The van der Waals surface area contributed by atoms with E-state index in [0.29, 0.717) is 34.6 Å². The van der Waals surface area contributed by atoms with E-state index in [1.165, 1.54) is 7.11 Å². The van der Waals surface area contributed by atoms with Crippen LogP contribution in [0.4, 0.5) is 5.69 Å². The quantitative estimate of drug-likeness (QED) is 0.689. The zero-order valence-electron chi connectivity index (χ0n) is 15.0. The summed E-state index contributed by atoms with van der Waals surface area (Å²) < 4.78 is 10.7. The lowest BCUT2D eigenvalue weighted by Crippen LogP contribution is -2.14. The first-order chi connectivity index (χ1) is 12.5. The molecule has 0 radical (unpaired) electrons. The predicted molar refractivity (Wildman–Crippen MR) is 103 cm³/mol. The van der Waals surface area contributed by atoms with E-state index in [1.54, 1.807) is 30.3 Å². The molecule has 26 heavy (non-hydrogen) atoms. The summed E-state index contributed by atoms with van der Waals surface area (Å²) in [6.07, 6.45) is 0.408. The van der Waals surface area contributed by atoms with Crippen LogP contribution >= 0.6 is 0 Å². The van der Waals surface area contributed by atoms with Gasteiger partial charge in [-0.3, -0.25) is 4.79 Å². The SMILES string of the molecule is COc1ccc(-c2cc3ccccc3oc2=O)cc1NC(=O)CC(C)C. The van der Waals surface area contributed by atoms with Gasteiger partial charge in [-0.25, -0.2) is 4.79 Å². The van der Waals surface area contributed by atoms with Crippen molar-refractivity contribution in [3.05, 3.63) is 59.0 Å². The molecular weight excluding hydrogens is 330 g/mol. The number of anilines is 1. The average molecular weight is 351 g/mol. The summed E-state index contributed by atoms with van der Waals surface area (Å²) in [4.78, 5) is 24.5. The Morgan fingerprint density at radius 1 is 1.15 bits per heavy atom. The van der Waals surface area contributed by atoms with Crippen molar-refractivity contribution in [1.29, 1.82) is 0 Å². The molecule has 1 amide bonds. The number of benzene rings is 2. The first-order valence-electron chi connectivity index (χ1n) is 8.49. The molecule has 3 aromatic rings. The van der Waals surface area contributed by atoms with Crippen molar-refractivity contribution in [2.75, 3.05) is 12.4 Å². The number of carbonyl (C=O) groups is 1. The van der Waals surface area contributed by atoms with Crippen LogP contribution in [0.5, 0.6) is 5.75 Å². The third-order valence-corrected chi connectivity index (χ3v) is 4.02. The summed E-state index contributed by atoms with van der Waals surface area (Å²) >= 11 is 0. The molecule has 134 valence electrons. The number of carbonyl (C=O) groups excluding carboxylic acids is 1. The lowest BCUT2D eigenvalue weighted by Gasteiger charge is -2.13. The molecule has 0 fully saturated rings. The van der Waals surface area contributed by atoms with E-state index >= 15 is 0 Å². The molecule has 0 atom stereocenters. The van der Waals surface area contributed by atoms with Gasteiger partial charge in [0.1, 0.15) is 11.3 Å². The molecule has 0 spiro atoms. The maximum atomic E-state index is 12.4. The number of rotatable bonds is 5. The fourth-order valence-corrected chi connectivity index (χ4v) is 2.81. The molecule has 1 aromatic heterocycles. The molecule has 5 nitrogen and oxygen atoms in total. The van der Waals surface area contributed by atoms with Crippen LogP contribution < -0.4 is 15.7 Å². The molecule has 0 unspecified atom stereocenters. The maximum Gasteiger partial charge on any atom is 0.344 e. The van der Waals surface area contributed by atoms with Crippen LogP contribution in [0.2, 0.25) is 0 Å². The highest BCUT2D eigenvalue weighted by Crippen LogP contribution is 2.30. The molecule has 0 saturated carbocycles. The minimum absolute atomic E-state index is 0.0963. The number of para-hydroxylation sites is 1. The smallest absolute Gasteiger partial charge is 0.344 e. The minimum Gasteiger partial charge on any atom is -0.495 e. The van der Waals surface area contributed by atoms with Crippen molar-refractivity contribution in [3.8, 4) is 16.9 Å². The van der Waals surface area contributed by atoms with Gasteiger partial charge in [-0.15, -0.1) is 0 Å². The summed E-state index contributed by atoms with van der Waals surface area (Å²) in [5.41, 5.74) is 1.74. The van der Waals surface area contributed by atoms with Crippen LogP contribution in [0.1, 0.15) is 20.3 Å². The molecular formula is C21H21NO4. The van der Waals surface area contributed by atoms with E-state index in [0.717, 1.165) is 5.39 Å². The van der Waals surface area contributed by atoms with Crippen LogP contribution in [0.3, 0.4) is 0 Å². The number of fused-ring (bicyclic) bond motifs is 1. The molecule has 0 aliphatic heterocycles. The van der Waals surface area contributed by atoms with E-state index in [9.17, 15) is 9.59 Å². The Morgan fingerprint density at radius 2 is 1.92 bits per heavy atom. The normalized spacial score (nSPS) is 10.9. The Hall–Kier alpha value is -3.08. The van der Waals surface area contributed by atoms with Crippen molar-refractivity contribution in [3.63, 3.8) is 0 Å². The molecule has 5 heteroatoms. The van der Waals surface area contributed by atoms with Crippen molar-refractivity contribution in [2.24, 2.45) is 5.92 Å². The average Bonchev–Trinajstić information content (AvgIpc) is 2.60. The molecule has 2 aromatic carbocycles. The van der Waals surface area contributed by atoms with Crippen molar-refractivity contribution < 1.29 is 13.9 Å². The summed E-state index contributed by atoms with van der Waals surface area (Å²) in [6.45, 7) is 3.96. The van der Waals surface area contributed by atoms with E-state index < -0.39 is 5.63 Å². The van der Waals surface area contributed by atoms with Crippen LogP contribution in [0, 0.1) is 5.92 Å². The van der Waals surface area contributed by atoms with Crippen molar-refractivity contribution in [1.82, 2.24) is 0 Å². The molecule has 3 rings (SSSR count). The van der Waals surface area contributed by atoms with Gasteiger partial charge in [0, 0.05) is 11.8 Å². The minimum atomic E-state index is -0.423. The molecule has 0 aliphatic rings. The highest BCUT2D eigenvalue weighted by molar-refractivity contribution is 5.93. The summed E-state index contributed by atoms with van der Waals surface area (Å²) in [6, 6.07) is 14.4. The zero-order valence-corrected chi connectivity index (χ0v) is 15.0. The Balaban J connectivity index is 2.03. The Morgan fingerprint density at radius 3 is 2.65 bits per heavy atom. The van der Waals surface area contributed by atoms with E-state index in [2.05, 4.69) is 5.32 Å². The fraction of sp³-hybridized carbons (Fsp3) is 0.238. The first-order valence-corrected chi connectivity index (χ1v) is 8.49. The summed E-state index contributed by atoms with van der Waals surface area (Å²) in [5, 5.41) is 3.70. The number of nitrogens with one attached hydrogen (secondary N) is 1. The van der Waals surface area contributed by atoms with Crippen LogP contribution in [-0.4, -0.2) is 13.0 Å². The first kappa shape index (κ1) is 17.7. The molecule has 1 N–H and O–H groups in total. The van der Waals surface area contributed by atoms with Gasteiger partial charge in [-0.2, -0.15) is 0 Å². The standard InChI is InChI=1S/C21H21NO4/c1-13(2)10-20(23)22-17-12-14(8-9-19(17)25-3)16-11-15-6-4-5-7-18(15)26-21(16)24/h4-9,11-13H,10H2,1-3H3,(H,22,23). The van der Waals surface area contributed by atoms with Gasteiger partial charge in [0.25, 0.3) is 0 Å². The second-order valence-corrected chi connectivity index (χ2v) is 6.55. The lowest BCUT2D eigenvalue weighted by atomic mass is 10.0. The van der Waals surface area contributed by atoms with Crippen LogP contribution in [-0.2, 0) is 4.79 Å². The van der Waals surface area contributed by atoms with Crippen molar-refractivity contribution in [2.45, 2.75) is 20.3 Å². The molecule has 0 aliphatic carbocycles. The second-order valence-electron chi connectivity index (χ2n) is 6.55. The van der Waals surface area contributed by atoms with Gasteiger partial charge in [0.05, 0.1) is 18.4 Å². The summed E-state index contributed by atoms with van der Waals surface area (Å²) in [7, 11) is 1.54. The molecule has 0 bridgehead atoms. The molecule has 1 heterocycles. The fourth-order valence-electron chi connectivity index (χ4n) is 2.81. The zero-order chi connectivity index (χ0) is 18.7. The predicted octanol–water partition coefficient (Wildman–Crippen LogP) is 4.45. The monoisotopic (exact) mass is 351 g/mol. The third-order valence-electron chi connectivity index (χ3n) is 4.02. The van der Waals surface area contributed by atoms with Crippen molar-refractivity contribution >= 4 is 22.6 Å². The third kappa shape index (κ3) is 3.77. The Kier molecular flexibility index (Phi) is 5.07.